The van der Waals surface area contributed by atoms with Gasteiger partial charge in [0.05, 0.1) is 26.1 Å². The van der Waals surface area contributed by atoms with Crippen molar-refractivity contribution in [3.05, 3.63) is 0 Å². The van der Waals surface area contributed by atoms with Crippen LogP contribution in [0.3, 0.4) is 0 Å². The molecule has 0 bridgehead atoms. The van der Waals surface area contributed by atoms with Crippen molar-refractivity contribution in [2.24, 2.45) is 0 Å². The number of carbonyl (C=O) groups is 2. The van der Waals surface area contributed by atoms with Crippen LogP contribution in [0.25, 0.3) is 0 Å². The van der Waals surface area contributed by atoms with Crippen LogP contribution in [-0.4, -0.2) is 130 Å². The third-order valence-electron chi connectivity index (χ3n) is 6.28. The second kappa shape index (κ2) is 16.6. The van der Waals surface area contributed by atoms with E-state index in [1.807, 2.05) is 13.8 Å². The zero-order chi connectivity index (χ0) is 28.2. The molecule has 38 heavy (non-hydrogen) atoms. The van der Waals surface area contributed by atoms with Gasteiger partial charge in [-0.05, 0) is 12.8 Å². The highest BCUT2D eigenvalue weighted by molar-refractivity contribution is 5.78. The zero-order valence-corrected chi connectivity index (χ0v) is 21.8. The highest BCUT2D eigenvalue weighted by Gasteiger charge is 2.48. The van der Waals surface area contributed by atoms with Crippen molar-refractivity contribution in [1.82, 2.24) is 0 Å². The van der Waals surface area contributed by atoms with Gasteiger partial charge in [0.15, 0.2) is 24.8 Å². The van der Waals surface area contributed by atoms with Gasteiger partial charge in [-0.25, -0.2) is 0 Å². The first-order chi connectivity index (χ1) is 18.2. The van der Waals surface area contributed by atoms with Crippen LogP contribution in [-0.2, 0) is 38.0 Å². The van der Waals surface area contributed by atoms with Gasteiger partial charge in [-0.15, -0.1) is 0 Å². The summed E-state index contributed by atoms with van der Waals surface area (Å²) in [5.41, 5.74) is 0. The van der Waals surface area contributed by atoms with E-state index in [0.29, 0.717) is 12.8 Å². The smallest absolute Gasteiger partial charge is 0.306 e. The molecule has 2 saturated heterocycles. The largest absolute Gasteiger partial charge is 0.454 e. The number of esters is 2. The van der Waals surface area contributed by atoms with Crippen LogP contribution in [0.15, 0.2) is 0 Å². The van der Waals surface area contributed by atoms with E-state index in [9.17, 15) is 40.2 Å². The van der Waals surface area contributed by atoms with Gasteiger partial charge in [0.2, 0.25) is 0 Å². The summed E-state index contributed by atoms with van der Waals surface area (Å²) in [4.78, 5) is 24.9. The lowest BCUT2D eigenvalue weighted by atomic mass is 9.99. The van der Waals surface area contributed by atoms with E-state index in [0.717, 1.165) is 12.8 Å². The fourth-order valence-corrected chi connectivity index (χ4v) is 3.94. The molecule has 0 spiro atoms. The maximum Gasteiger partial charge on any atom is 0.306 e. The summed E-state index contributed by atoms with van der Waals surface area (Å²) in [5.74, 6) is -1.85. The number of rotatable bonds is 15. The summed E-state index contributed by atoms with van der Waals surface area (Å²) < 4.78 is 32.5. The van der Waals surface area contributed by atoms with E-state index in [2.05, 4.69) is 0 Å². The van der Waals surface area contributed by atoms with E-state index in [4.69, 9.17) is 28.4 Å². The molecule has 6 N–H and O–H groups in total. The zero-order valence-electron chi connectivity index (χ0n) is 21.8. The maximum absolute atomic E-state index is 12.5. The molecule has 2 heterocycles. The molecule has 0 aromatic rings. The number of aliphatic hydroxyl groups excluding tert-OH is 6. The van der Waals surface area contributed by atoms with E-state index in [1.165, 1.54) is 0 Å². The lowest BCUT2D eigenvalue weighted by molar-refractivity contribution is -0.305. The minimum absolute atomic E-state index is 0.221. The molecule has 0 radical (unpaired) electrons. The van der Waals surface area contributed by atoms with Gasteiger partial charge >= 0.3 is 11.9 Å². The lowest BCUT2D eigenvalue weighted by Crippen LogP contribution is -2.60. The number of carbonyl (C=O) groups excluding carboxylic acids is 2. The Kier molecular flexibility index (Phi) is 14.3. The van der Waals surface area contributed by atoms with Crippen LogP contribution in [0.2, 0.25) is 0 Å². The molecule has 2 aliphatic heterocycles. The van der Waals surface area contributed by atoms with Crippen LogP contribution >= 0.6 is 0 Å². The van der Waals surface area contributed by atoms with Crippen LogP contribution < -0.4 is 0 Å². The van der Waals surface area contributed by atoms with Gasteiger partial charge in [-0.1, -0.05) is 26.7 Å². The van der Waals surface area contributed by atoms with Crippen molar-refractivity contribution in [3.63, 3.8) is 0 Å². The molecular weight excluding hydrogens is 512 g/mol. The van der Waals surface area contributed by atoms with Crippen molar-refractivity contribution in [1.29, 1.82) is 0 Å². The molecule has 0 unspecified atom stereocenters. The van der Waals surface area contributed by atoms with E-state index in [1.54, 1.807) is 0 Å². The maximum atomic E-state index is 12.5. The van der Waals surface area contributed by atoms with Gasteiger partial charge < -0.3 is 59.1 Å². The van der Waals surface area contributed by atoms with Gasteiger partial charge in [-0.2, -0.15) is 0 Å². The molecule has 0 aliphatic carbocycles. The number of hydrogen-bond acceptors (Lipinski definition) is 14. The minimum atomic E-state index is -1.61. The van der Waals surface area contributed by atoms with E-state index in [-0.39, 0.29) is 13.2 Å². The first-order valence-corrected chi connectivity index (χ1v) is 13.0. The Bertz CT molecular complexity index is 650. The predicted octanol–water partition coefficient (Wildman–Crippen LogP) is -1.90. The number of aliphatic hydroxyl groups is 6. The van der Waals surface area contributed by atoms with Gasteiger partial charge in [0.25, 0.3) is 0 Å². The predicted molar refractivity (Wildman–Crippen MR) is 126 cm³/mol. The van der Waals surface area contributed by atoms with Crippen LogP contribution in [0.4, 0.5) is 0 Å². The normalized spacial score (nSPS) is 35.6. The van der Waals surface area contributed by atoms with Crippen LogP contribution in [0, 0.1) is 0 Å². The van der Waals surface area contributed by atoms with Crippen molar-refractivity contribution < 1.29 is 68.6 Å². The van der Waals surface area contributed by atoms with E-state index >= 15 is 0 Å². The summed E-state index contributed by atoms with van der Waals surface area (Å²) in [6.07, 6.45) is -12.0. The molecule has 10 atom stereocenters. The Hall–Kier alpha value is -1.46. The van der Waals surface area contributed by atoms with E-state index < -0.39 is 99.4 Å². The summed E-state index contributed by atoms with van der Waals surface area (Å²) in [6.45, 7) is 3.12. The molecule has 14 heteroatoms. The summed E-state index contributed by atoms with van der Waals surface area (Å²) in [5, 5.41) is 60.0. The second-order valence-electron chi connectivity index (χ2n) is 9.27. The first-order valence-electron chi connectivity index (χ1n) is 13.0. The average Bonchev–Trinajstić information content (AvgIpc) is 2.90. The van der Waals surface area contributed by atoms with Crippen molar-refractivity contribution >= 4 is 11.9 Å². The topological polar surface area (TPSA) is 211 Å². The monoisotopic (exact) mass is 554 g/mol. The van der Waals surface area contributed by atoms with Gasteiger partial charge in [0.1, 0.15) is 36.6 Å². The fraction of sp³-hybridized carbons (Fsp3) is 0.917. The third-order valence-corrected chi connectivity index (χ3v) is 6.28. The van der Waals surface area contributed by atoms with Crippen LogP contribution in [0.5, 0.6) is 0 Å². The molecule has 2 fully saturated rings. The molecule has 0 saturated carbocycles. The van der Waals surface area contributed by atoms with Crippen molar-refractivity contribution in [2.45, 2.75) is 114 Å². The Morgan fingerprint density at radius 3 is 1.34 bits per heavy atom. The Morgan fingerprint density at radius 1 is 0.658 bits per heavy atom. The first kappa shape index (κ1) is 32.8. The molecular formula is C24H42O14. The number of unbranched alkanes of at least 4 members (excludes halogenated alkanes) is 2. The van der Waals surface area contributed by atoms with Crippen LogP contribution in [0.1, 0.15) is 52.4 Å². The average molecular weight is 555 g/mol. The summed E-state index contributed by atoms with van der Waals surface area (Å²) >= 11 is 0. The molecule has 222 valence electrons. The van der Waals surface area contributed by atoms with Gasteiger partial charge in [0, 0.05) is 13.2 Å². The molecule has 2 rings (SSSR count). The lowest BCUT2D eigenvalue weighted by Gasteiger charge is -2.41. The molecule has 0 aromatic heterocycles. The highest BCUT2D eigenvalue weighted by atomic mass is 16.7. The Balaban J connectivity index is 1.95. The second-order valence-corrected chi connectivity index (χ2v) is 9.27. The number of ether oxygens (including phenoxy) is 6. The third kappa shape index (κ3) is 9.05. The standard InChI is InChI=1S/C24H42O14/c1-3-5-9-33-23-21(19(31)17(29)13(11-25)35-23)37-15(27)7-8-16(28)38-22-20(32)18(30)14(12-26)36-24(22)34-10-6-4-2/h13-14,17-26,29-32H,3-12H2,1-2H3/t13-,14-,17-,18-,19+,20+,21-,22-,23+,24+/m1/s1. The number of hydrogen-bond donors (Lipinski definition) is 6. The Morgan fingerprint density at radius 2 is 1.03 bits per heavy atom. The quantitative estimate of drug-likeness (QED) is 0.0965. The summed E-state index contributed by atoms with van der Waals surface area (Å²) in [6, 6.07) is 0. The van der Waals surface area contributed by atoms with Crippen molar-refractivity contribution in [2.75, 3.05) is 26.4 Å². The minimum Gasteiger partial charge on any atom is -0.454 e. The molecule has 14 nitrogen and oxygen atoms in total. The molecule has 2 aliphatic rings. The molecule has 0 amide bonds. The molecule has 0 aromatic carbocycles. The SMILES string of the molecule is CCCCO[C@H]1O[C@H](CO)[C@@H](O)[C@H](O)[C@H]1OC(=O)CCC(=O)O[C@H]1[C@@H](OCCCC)O[C@H](CO)[C@@H](O)[C@@H]1O. The highest BCUT2D eigenvalue weighted by Crippen LogP contribution is 2.27. The Labute approximate surface area is 221 Å². The fourth-order valence-electron chi connectivity index (χ4n) is 3.94. The van der Waals surface area contributed by atoms with Crippen molar-refractivity contribution in [3.8, 4) is 0 Å². The summed E-state index contributed by atoms with van der Waals surface area (Å²) in [7, 11) is 0. The van der Waals surface area contributed by atoms with Gasteiger partial charge in [-0.3, -0.25) is 9.59 Å².